The smallest absolute Gasteiger partial charge is 0.311 e. The Bertz CT molecular complexity index is 701. The molecule has 0 fully saturated rings. The van der Waals surface area contributed by atoms with Gasteiger partial charge in [-0.1, -0.05) is 96.1 Å². The van der Waals surface area contributed by atoms with E-state index in [-0.39, 0.29) is 5.97 Å². The lowest BCUT2D eigenvalue weighted by molar-refractivity contribution is -0.134. The summed E-state index contributed by atoms with van der Waals surface area (Å²) in [5.41, 5.74) is 2.11. The molecule has 1 heterocycles. The van der Waals surface area contributed by atoms with Gasteiger partial charge in [0.2, 0.25) is 0 Å². The van der Waals surface area contributed by atoms with Gasteiger partial charge in [0.25, 0.3) is 0 Å². The number of ether oxygens (including phenoxy) is 1. The Morgan fingerprint density at radius 2 is 1.35 bits per heavy atom. The Labute approximate surface area is 188 Å². The average Bonchev–Trinajstić information content (AvgIpc) is 2.79. The third-order valence-corrected chi connectivity index (χ3v) is 5.67. The number of esters is 1. The summed E-state index contributed by atoms with van der Waals surface area (Å²) < 4.78 is 5.46. The van der Waals surface area contributed by atoms with Crippen LogP contribution < -0.4 is 4.74 Å². The van der Waals surface area contributed by atoms with Gasteiger partial charge in [-0.25, -0.2) is 9.97 Å². The molecular formula is C27H40N2O2. The number of carbonyl (C=O) groups excluding carboxylic acids is 1. The van der Waals surface area contributed by atoms with Crippen molar-refractivity contribution in [3.05, 3.63) is 54.1 Å². The second-order valence-electron chi connectivity index (χ2n) is 8.49. The van der Waals surface area contributed by atoms with Crippen LogP contribution in [0.15, 0.2) is 42.9 Å². The topological polar surface area (TPSA) is 52.1 Å². The molecule has 0 aliphatic rings. The number of hydrogen-bond donors (Lipinski definition) is 0. The van der Waals surface area contributed by atoms with Crippen molar-refractivity contribution in [1.82, 2.24) is 9.97 Å². The lowest BCUT2D eigenvalue weighted by Crippen LogP contribution is -2.07. The first-order chi connectivity index (χ1) is 15.3. The average molecular weight is 425 g/mol. The van der Waals surface area contributed by atoms with Crippen molar-refractivity contribution in [3.63, 3.8) is 0 Å². The molecule has 0 spiro atoms. The first kappa shape index (κ1) is 25.0. The van der Waals surface area contributed by atoms with Crippen LogP contribution in [0.3, 0.4) is 0 Å². The highest BCUT2D eigenvalue weighted by atomic mass is 16.5. The van der Waals surface area contributed by atoms with Crippen LogP contribution in [0.4, 0.5) is 0 Å². The van der Waals surface area contributed by atoms with E-state index in [1.807, 2.05) is 30.3 Å². The van der Waals surface area contributed by atoms with Gasteiger partial charge in [0, 0.05) is 24.7 Å². The van der Waals surface area contributed by atoms with Gasteiger partial charge in [-0.15, -0.1) is 0 Å². The minimum absolute atomic E-state index is 0.133. The maximum absolute atomic E-state index is 12.1. The fourth-order valence-corrected chi connectivity index (χ4v) is 3.78. The molecule has 0 radical (unpaired) electrons. The third kappa shape index (κ3) is 12.3. The summed E-state index contributed by atoms with van der Waals surface area (Å²) in [6, 6.07) is 9.59. The van der Waals surface area contributed by atoms with Crippen LogP contribution in [0.5, 0.6) is 5.75 Å². The van der Waals surface area contributed by atoms with E-state index in [0.717, 1.165) is 30.5 Å². The molecule has 170 valence electrons. The van der Waals surface area contributed by atoms with Gasteiger partial charge in [0.15, 0.2) is 0 Å². The number of rotatable bonds is 17. The Morgan fingerprint density at radius 3 is 1.90 bits per heavy atom. The highest BCUT2D eigenvalue weighted by Crippen LogP contribution is 2.16. The molecule has 0 saturated carbocycles. The normalized spacial score (nSPS) is 10.9. The second-order valence-corrected chi connectivity index (χ2v) is 8.49. The summed E-state index contributed by atoms with van der Waals surface area (Å²) in [6.45, 7) is 2.27. The third-order valence-electron chi connectivity index (χ3n) is 5.67. The van der Waals surface area contributed by atoms with E-state index in [1.165, 1.54) is 70.6 Å². The van der Waals surface area contributed by atoms with Crippen LogP contribution in [-0.2, 0) is 11.2 Å². The molecule has 0 unspecified atom stereocenters. The van der Waals surface area contributed by atoms with Crippen molar-refractivity contribution in [3.8, 4) is 5.75 Å². The molecule has 4 nitrogen and oxygen atoms in total. The Hall–Kier alpha value is -2.23. The molecular weight excluding hydrogens is 384 g/mol. The summed E-state index contributed by atoms with van der Waals surface area (Å²) >= 11 is 0. The first-order valence-corrected chi connectivity index (χ1v) is 12.3. The van der Waals surface area contributed by atoms with E-state index in [2.05, 4.69) is 16.9 Å². The molecule has 0 bridgehead atoms. The first-order valence-electron chi connectivity index (χ1n) is 12.3. The van der Waals surface area contributed by atoms with Crippen molar-refractivity contribution >= 4 is 5.97 Å². The molecule has 1 aromatic carbocycles. The molecule has 31 heavy (non-hydrogen) atoms. The fourth-order valence-electron chi connectivity index (χ4n) is 3.78. The van der Waals surface area contributed by atoms with Gasteiger partial charge in [0.05, 0.1) is 0 Å². The molecule has 0 aliphatic carbocycles. The second kappa shape index (κ2) is 16.5. The fraction of sp³-hybridized carbons (Fsp3) is 0.593. The quantitative estimate of drug-likeness (QED) is 0.150. The summed E-state index contributed by atoms with van der Waals surface area (Å²) in [7, 11) is 0. The van der Waals surface area contributed by atoms with Crippen molar-refractivity contribution in [2.45, 2.75) is 103 Å². The van der Waals surface area contributed by atoms with Crippen molar-refractivity contribution in [1.29, 1.82) is 0 Å². The Kier molecular flexibility index (Phi) is 13.3. The van der Waals surface area contributed by atoms with Crippen LogP contribution in [0.2, 0.25) is 0 Å². The van der Waals surface area contributed by atoms with E-state index < -0.39 is 0 Å². The summed E-state index contributed by atoms with van der Waals surface area (Å²) in [5.74, 6) is 0.484. The molecule has 0 aliphatic heterocycles. The minimum Gasteiger partial charge on any atom is -0.427 e. The summed E-state index contributed by atoms with van der Waals surface area (Å²) in [6.07, 6.45) is 21.5. The highest BCUT2D eigenvalue weighted by molar-refractivity contribution is 5.72. The number of benzene rings is 1. The van der Waals surface area contributed by atoms with Crippen LogP contribution in [0, 0.1) is 0 Å². The van der Waals surface area contributed by atoms with Gasteiger partial charge in [-0.05, 0) is 30.2 Å². The SMILES string of the molecule is CCCCCCCCCCCCCCCC(=O)Oc1ccc(Cc2ccncn2)cc1. The molecule has 1 aromatic heterocycles. The van der Waals surface area contributed by atoms with Crippen molar-refractivity contribution in [2.24, 2.45) is 0 Å². The molecule has 0 amide bonds. The van der Waals surface area contributed by atoms with Gasteiger partial charge in [0.1, 0.15) is 12.1 Å². The Balaban J connectivity index is 1.45. The van der Waals surface area contributed by atoms with E-state index >= 15 is 0 Å². The molecule has 2 rings (SSSR count). The number of nitrogens with zero attached hydrogens (tertiary/aromatic N) is 2. The zero-order valence-electron chi connectivity index (χ0n) is 19.4. The highest BCUT2D eigenvalue weighted by Gasteiger charge is 2.05. The van der Waals surface area contributed by atoms with Crippen molar-refractivity contribution in [2.75, 3.05) is 0 Å². The minimum atomic E-state index is -0.133. The zero-order chi connectivity index (χ0) is 22.0. The summed E-state index contributed by atoms with van der Waals surface area (Å²) in [5, 5.41) is 0. The molecule has 0 N–H and O–H groups in total. The number of carbonyl (C=O) groups is 1. The van der Waals surface area contributed by atoms with E-state index in [9.17, 15) is 4.79 Å². The number of hydrogen-bond acceptors (Lipinski definition) is 4. The monoisotopic (exact) mass is 424 g/mol. The number of unbranched alkanes of at least 4 members (excludes halogenated alkanes) is 12. The van der Waals surface area contributed by atoms with E-state index in [4.69, 9.17) is 4.74 Å². The van der Waals surface area contributed by atoms with Crippen LogP contribution in [0.1, 0.15) is 108 Å². The lowest BCUT2D eigenvalue weighted by atomic mass is 10.0. The predicted molar refractivity (Wildman–Crippen MR) is 127 cm³/mol. The largest absolute Gasteiger partial charge is 0.427 e. The van der Waals surface area contributed by atoms with Crippen LogP contribution in [-0.4, -0.2) is 15.9 Å². The predicted octanol–water partition coefficient (Wildman–Crippen LogP) is 7.45. The molecule has 0 atom stereocenters. The van der Waals surface area contributed by atoms with E-state index in [0.29, 0.717) is 12.2 Å². The van der Waals surface area contributed by atoms with Gasteiger partial charge >= 0.3 is 5.97 Å². The molecule has 2 aromatic rings. The van der Waals surface area contributed by atoms with Gasteiger partial charge < -0.3 is 4.74 Å². The van der Waals surface area contributed by atoms with Crippen molar-refractivity contribution < 1.29 is 9.53 Å². The standard InChI is InChI=1S/C27H40N2O2/c1-2-3-4-5-6-7-8-9-10-11-12-13-14-15-27(30)31-26-18-16-24(17-19-26)22-25-20-21-28-23-29-25/h16-21,23H,2-15,22H2,1H3. The number of aromatic nitrogens is 2. The maximum Gasteiger partial charge on any atom is 0.311 e. The van der Waals surface area contributed by atoms with Gasteiger partial charge in [-0.3, -0.25) is 4.79 Å². The van der Waals surface area contributed by atoms with Crippen LogP contribution >= 0.6 is 0 Å². The van der Waals surface area contributed by atoms with Crippen LogP contribution in [0.25, 0.3) is 0 Å². The lowest BCUT2D eigenvalue weighted by Gasteiger charge is -2.06. The Morgan fingerprint density at radius 1 is 0.774 bits per heavy atom. The maximum atomic E-state index is 12.1. The molecule has 0 saturated heterocycles. The summed E-state index contributed by atoms with van der Waals surface area (Å²) in [4.78, 5) is 20.2. The zero-order valence-corrected chi connectivity index (χ0v) is 19.4. The van der Waals surface area contributed by atoms with E-state index in [1.54, 1.807) is 12.5 Å². The molecule has 4 heteroatoms. The van der Waals surface area contributed by atoms with Gasteiger partial charge in [-0.2, -0.15) is 0 Å².